The maximum absolute atomic E-state index is 13.0. The highest BCUT2D eigenvalue weighted by Gasteiger charge is 2.52. The van der Waals surface area contributed by atoms with Gasteiger partial charge in [0.15, 0.2) is 8.32 Å². The number of aromatic nitrogens is 2. The first kappa shape index (κ1) is 38.7. The minimum absolute atomic E-state index is 0.0194. The standard InChI is InChI=1S/C39H58N2O6Si2/c1-11-12-15-28(2)32(46-38(43)41-23-22-40-27-41)21-20-30-33(47-49(9,10)39(3,4)5)26-34-36(30)31-18-13-16-29(37(31)45-34)17-14-19-35(42)44-24-25-48(6,7)8/h13,16,18,20-23,27-28,30,32-34,36H,14-15,17,19,24-26H2,1-10H3/b21-20+/t28-,30-,32+,33+,34-,36-/m0/s1. The van der Waals surface area contributed by atoms with Gasteiger partial charge in [-0.15, -0.1) is 11.8 Å². The molecule has 0 amide bonds. The molecular formula is C39H58N2O6Si2. The van der Waals surface area contributed by atoms with E-state index in [9.17, 15) is 9.59 Å². The SMILES string of the molecule is CC#CC[C@H](C)[C@@H](/C=C/[C@@H]1[C@H]2c3cccc(CCCC(=O)OCC[Si](C)(C)C)c3O[C@H]2C[C@H]1O[Si](C)(C)C(C)(C)C)OC(=O)n1ccnc1. The number of aryl methyl sites for hydroxylation is 1. The Morgan fingerprint density at radius 1 is 1.18 bits per heavy atom. The summed E-state index contributed by atoms with van der Waals surface area (Å²) >= 11 is 0. The molecular weight excluding hydrogens is 649 g/mol. The highest BCUT2D eigenvalue weighted by Crippen LogP contribution is 2.54. The average Bonchev–Trinajstić information content (AvgIpc) is 3.74. The molecule has 2 aliphatic rings. The van der Waals surface area contributed by atoms with E-state index in [1.165, 1.54) is 16.5 Å². The van der Waals surface area contributed by atoms with Gasteiger partial charge < -0.3 is 18.6 Å². The first-order valence-corrected chi connectivity index (χ1v) is 24.5. The smallest absolute Gasteiger partial charge is 0.419 e. The molecule has 2 heterocycles. The van der Waals surface area contributed by atoms with E-state index in [0.29, 0.717) is 25.9 Å². The predicted molar refractivity (Wildman–Crippen MR) is 200 cm³/mol. The van der Waals surface area contributed by atoms with Crippen LogP contribution in [0.25, 0.3) is 0 Å². The fourth-order valence-electron chi connectivity index (χ4n) is 6.30. The zero-order valence-corrected chi connectivity index (χ0v) is 33.4. The number of carbonyl (C=O) groups is 2. The van der Waals surface area contributed by atoms with Gasteiger partial charge >= 0.3 is 12.1 Å². The molecule has 49 heavy (non-hydrogen) atoms. The zero-order valence-electron chi connectivity index (χ0n) is 31.4. The number of imidazole rings is 1. The fraction of sp³-hybridized carbons (Fsp3) is 0.615. The van der Waals surface area contributed by atoms with E-state index in [-0.39, 0.29) is 41.0 Å². The van der Waals surface area contributed by atoms with Gasteiger partial charge in [-0.3, -0.25) is 4.79 Å². The number of carbonyl (C=O) groups excluding carboxylic acids is 2. The molecule has 6 atom stereocenters. The lowest BCUT2D eigenvalue weighted by Gasteiger charge is -2.40. The summed E-state index contributed by atoms with van der Waals surface area (Å²) < 4.78 is 26.8. The van der Waals surface area contributed by atoms with Crippen LogP contribution < -0.4 is 4.74 Å². The first-order chi connectivity index (χ1) is 23.0. The minimum Gasteiger partial charge on any atom is -0.489 e. The van der Waals surface area contributed by atoms with Crippen molar-refractivity contribution in [1.82, 2.24) is 9.55 Å². The van der Waals surface area contributed by atoms with Gasteiger partial charge in [0.2, 0.25) is 0 Å². The Bertz CT molecular complexity index is 1510. The molecule has 1 aliphatic carbocycles. The van der Waals surface area contributed by atoms with Gasteiger partial charge in [0.05, 0.1) is 12.7 Å². The van der Waals surface area contributed by atoms with E-state index < -0.39 is 28.6 Å². The second kappa shape index (κ2) is 16.3. The Labute approximate surface area is 296 Å². The van der Waals surface area contributed by atoms with E-state index >= 15 is 0 Å². The van der Waals surface area contributed by atoms with E-state index in [0.717, 1.165) is 30.2 Å². The molecule has 1 aromatic carbocycles. The van der Waals surface area contributed by atoms with Gasteiger partial charge in [-0.2, -0.15) is 0 Å². The molecule has 1 fully saturated rings. The van der Waals surface area contributed by atoms with Crippen molar-refractivity contribution in [2.45, 2.75) is 135 Å². The normalized spacial score (nSPS) is 21.7. The molecule has 268 valence electrons. The second-order valence-electron chi connectivity index (χ2n) is 16.4. The molecule has 0 spiro atoms. The summed E-state index contributed by atoms with van der Waals surface area (Å²) in [5.41, 5.74) is 2.32. The number of hydrogen-bond donors (Lipinski definition) is 0. The molecule has 0 N–H and O–H groups in total. The van der Waals surface area contributed by atoms with Crippen molar-refractivity contribution in [3.8, 4) is 17.6 Å². The summed E-state index contributed by atoms with van der Waals surface area (Å²) in [6.07, 6.45) is 11.1. The van der Waals surface area contributed by atoms with Crippen LogP contribution in [0.1, 0.15) is 77.3 Å². The lowest BCUT2D eigenvalue weighted by molar-refractivity contribution is -0.143. The molecule has 0 saturated heterocycles. The Morgan fingerprint density at radius 3 is 2.59 bits per heavy atom. The van der Waals surface area contributed by atoms with E-state index in [1.807, 2.05) is 13.0 Å². The van der Waals surface area contributed by atoms with Gasteiger partial charge in [0, 0.05) is 63.0 Å². The van der Waals surface area contributed by atoms with E-state index in [1.54, 1.807) is 12.4 Å². The molecule has 1 aliphatic heterocycles. The molecule has 0 bridgehead atoms. The number of esters is 1. The summed E-state index contributed by atoms with van der Waals surface area (Å²) in [7, 11) is -3.36. The maximum atomic E-state index is 13.0. The third-order valence-electron chi connectivity index (χ3n) is 10.3. The largest absolute Gasteiger partial charge is 0.489 e. The average molecular weight is 707 g/mol. The number of benzene rings is 1. The van der Waals surface area contributed by atoms with Crippen LogP contribution in [-0.4, -0.2) is 62.9 Å². The number of ether oxygens (including phenoxy) is 3. The number of para-hydroxylation sites is 1. The molecule has 8 nitrogen and oxygen atoms in total. The topological polar surface area (TPSA) is 88.9 Å². The summed E-state index contributed by atoms with van der Waals surface area (Å²) in [5.74, 6) is 7.06. The quantitative estimate of drug-likeness (QED) is 0.0839. The van der Waals surface area contributed by atoms with Gasteiger partial charge in [-0.05, 0) is 55.6 Å². The zero-order chi connectivity index (χ0) is 36.0. The third-order valence-corrected chi connectivity index (χ3v) is 16.5. The number of hydrogen-bond acceptors (Lipinski definition) is 7. The second-order valence-corrected chi connectivity index (χ2v) is 26.8. The van der Waals surface area contributed by atoms with Gasteiger partial charge in [-0.1, -0.05) is 71.6 Å². The molecule has 2 aromatic rings. The molecule has 10 heteroatoms. The predicted octanol–water partition coefficient (Wildman–Crippen LogP) is 9.00. The number of fused-ring (bicyclic) bond motifs is 3. The van der Waals surface area contributed by atoms with Crippen LogP contribution in [0, 0.1) is 23.7 Å². The molecule has 4 rings (SSSR count). The van der Waals surface area contributed by atoms with Gasteiger partial charge in [0.1, 0.15) is 24.3 Å². The summed E-state index contributed by atoms with van der Waals surface area (Å²) in [5, 5.41) is 0.0525. The monoisotopic (exact) mass is 706 g/mol. The van der Waals surface area contributed by atoms with Gasteiger partial charge in [-0.25, -0.2) is 14.3 Å². The van der Waals surface area contributed by atoms with Gasteiger partial charge in [0.25, 0.3) is 0 Å². The summed E-state index contributed by atoms with van der Waals surface area (Å²) in [6.45, 7) is 22.6. The molecule has 0 radical (unpaired) electrons. The molecule has 0 unspecified atom stereocenters. The van der Waals surface area contributed by atoms with Crippen LogP contribution in [-0.2, 0) is 25.1 Å². The first-order valence-electron chi connectivity index (χ1n) is 17.9. The molecule has 1 saturated carbocycles. The summed E-state index contributed by atoms with van der Waals surface area (Å²) in [4.78, 5) is 29.5. The highest BCUT2D eigenvalue weighted by molar-refractivity contribution is 6.76. The number of nitrogens with zero attached hydrogens (tertiary/aromatic N) is 2. The fourth-order valence-corrected chi connectivity index (χ4v) is 8.38. The van der Waals surface area contributed by atoms with Crippen molar-refractivity contribution in [2.24, 2.45) is 11.8 Å². The van der Waals surface area contributed by atoms with Crippen molar-refractivity contribution in [3.63, 3.8) is 0 Å². The van der Waals surface area contributed by atoms with Crippen molar-refractivity contribution in [1.29, 1.82) is 0 Å². The van der Waals surface area contributed by atoms with Crippen molar-refractivity contribution >= 4 is 28.5 Å². The van der Waals surface area contributed by atoms with Crippen LogP contribution in [0.15, 0.2) is 49.1 Å². The Balaban J connectivity index is 1.57. The Morgan fingerprint density at radius 2 is 1.94 bits per heavy atom. The Kier molecular flexibility index (Phi) is 12.8. The van der Waals surface area contributed by atoms with Crippen LogP contribution in [0.2, 0.25) is 43.8 Å². The van der Waals surface area contributed by atoms with Crippen molar-refractivity contribution < 1.29 is 28.2 Å². The highest BCUT2D eigenvalue weighted by atomic mass is 28.4. The van der Waals surface area contributed by atoms with Crippen LogP contribution >= 0.6 is 0 Å². The van der Waals surface area contributed by atoms with E-state index in [2.05, 4.69) is 102 Å². The van der Waals surface area contributed by atoms with Crippen LogP contribution in [0.4, 0.5) is 4.79 Å². The van der Waals surface area contributed by atoms with Crippen molar-refractivity contribution in [2.75, 3.05) is 6.61 Å². The third kappa shape index (κ3) is 10.2. The van der Waals surface area contributed by atoms with Crippen LogP contribution in [0.3, 0.4) is 0 Å². The Hall–Kier alpha value is -3.14. The maximum Gasteiger partial charge on any atom is 0.419 e. The van der Waals surface area contributed by atoms with Crippen molar-refractivity contribution in [3.05, 3.63) is 60.2 Å². The van der Waals surface area contributed by atoms with Crippen LogP contribution in [0.5, 0.6) is 5.75 Å². The molecule has 1 aromatic heterocycles. The minimum atomic E-state index is -2.11. The number of rotatable bonds is 14. The lowest BCUT2D eigenvalue weighted by Crippen LogP contribution is -2.45. The lowest BCUT2D eigenvalue weighted by atomic mass is 9.86. The van der Waals surface area contributed by atoms with E-state index in [4.69, 9.17) is 18.6 Å². The summed E-state index contributed by atoms with van der Waals surface area (Å²) in [6, 6.07) is 7.39.